The fraction of sp³-hybridized carbons (Fsp3) is 0.158. The maximum atomic E-state index is 12.0. The Bertz CT molecular complexity index is 838. The van der Waals surface area contributed by atoms with Gasteiger partial charge in [-0.2, -0.15) is 0 Å². The van der Waals surface area contributed by atoms with Crippen LogP contribution in [-0.2, 0) is 9.59 Å². The average molecular weight is 409 g/mol. The highest BCUT2D eigenvalue weighted by Gasteiger charge is 2.16. The van der Waals surface area contributed by atoms with E-state index < -0.39 is 17.9 Å². The molecule has 0 saturated carbocycles. The van der Waals surface area contributed by atoms with E-state index in [1.54, 1.807) is 49.6 Å². The summed E-state index contributed by atoms with van der Waals surface area (Å²) in [5.74, 6) is 0.0104. The van der Waals surface area contributed by atoms with Gasteiger partial charge in [0.2, 0.25) is 0 Å². The number of carbonyl (C=O) groups is 2. The van der Waals surface area contributed by atoms with E-state index in [1.165, 1.54) is 19.1 Å². The van der Waals surface area contributed by atoms with Crippen LogP contribution < -0.4 is 20.3 Å². The summed E-state index contributed by atoms with van der Waals surface area (Å²) in [5, 5.41) is 0.744. The highest BCUT2D eigenvalue weighted by atomic mass is 35.5. The van der Waals surface area contributed by atoms with Crippen LogP contribution in [0.5, 0.6) is 11.5 Å². The van der Waals surface area contributed by atoms with Gasteiger partial charge in [-0.1, -0.05) is 35.3 Å². The monoisotopic (exact) mass is 408 g/mol. The van der Waals surface area contributed by atoms with Gasteiger partial charge in [0.05, 0.1) is 12.1 Å². The molecule has 2 aromatic rings. The minimum absolute atomic E-state index is 0.286. The zero-order chi connectivity index (χ0) is 19.8. The SMILES string of the molecule is COc1ccc(C=CC(=O)NNC(=O)C(C)Oc2ccc(Cl)cc2Cl)cc1. The van der Waals surface area contributed by atoms with Crippen LogP contribution in [0.25, 0.3) is 6.08 Å². The molecule has 0 bridgehead atoms. The van der Waals surface area contributed by atoms with Crippen molar-refractivity contribution in [1.29, 1.82) is 0 Å². The summed E-state index contributed by atoms with van der Waals surface area (Å²) >= 11 is 11.8. The molecule has 2 N–H and O–H groups in total. The van der Waals surface area contributed by atoms with Crippen molar-refractivity contribution in [1.82, 2.24) is 10.9 Å². The second-order valence-electron chi connectivity index (χ2n) is 5.42. The summed E-state index contributed by atoms with van der Waals surface area (Å²) in [5.41, 5.74) is 5.38. The lowest BCUT2D eigenvalue weighted by molar-refractivity contribution is -0.131. The van der Waals surface area contributed by atoms with Gasteiger partial charge in [0, 0.05) is 11.1 Å². The van der Waals surface area contributed by atoms with Crippen molar-refractivity contribution in [2.24, 2.45) is 0 Å². The molecule has 0 aromatic heterocycles. The minimum atomic E-state index is -0.880. The van der Waals surface area contributed by atoms with Gasteiger partial charge < -0.3 is 9.47 Å². The lowest BCUT2D eigenvalue weighted by atomic mass is 10.2. The van der Waals surface area contributed by atoms with Crippen molar-refractivity contribution >= 4 is 41.1 Å². The molecule has 8 heteroatoms. The standard InChI is InChI=1S/C19H18Cl2N2O4/c1-12(27-17-9-6-14(20)11-16(17)21)19(25)23-22-18(24)10-5-13-3-7-15(26-2)8-4-13/h3-12H,1-2H3,(H,22,24)(H,23,25). The molecule has 0 aliphatic carbocycles. The number of benzene rings is 2. The molecule has 0 fully saturated rings. The Kier molecular flexibility index (Phi) is 7.52. The van der Waals surface area contributed by atoms with E-state index in [4.69, 9.17) is 32.7 Å². The van der Waals surface area contributed by atoms with Crippen molar-refractivity contribution in [2.45, 2.75) is 13.0 Å². The molecular weight excluding hydrogens is 391 g/mol. The number of halogens is 2. The topological polar surface area (TPSA) is 76.7 Å². The van der Waals surface area contributed by atoms with E-state index in [1.807, 2.05) is 0 Å². The maximum Gasteiger partial charge on any atom is 0.279 e. The second-order valence-corrected chi connectivity index (χ2v) is 6.26. The summed E-state index contributed by atoms with van der Waals surface area (Å²) < 4.78 is 10.5. The third-order valence-electron chi connectivity index (χ3n) is 3.42. The minimum Gasteiger partial charge on any atom is -0.497 e. The number of hydrogen-bond donors (Lipinski definition) is 2. The van der Waals surface area contributed by atoms with Gasteiger partial charge in [-0.25, -0.2) is 0 Å². The Hall–Kier alpha value is -2.70. The zero-order valence-corrected chi connectivity index (χ0v) is 16.2. The van der Waals surface area contributed by atoms with E-state index in [-0.39, 0.29) is 5.02 Å². The van der Waals surface area contributed by atoms with Crippen molar-refractivity contribution in [3.8, 4) is 11.5 Å². The third kappa shape index (κ3) is 6.51. The molecular formula is C19H18Cl2N2O4. The Morgan fingerprint density at radius 1 is 1.07 bits per heavy atom. The number of ether oxygens (including phenoxy) is 2. The Labute approximate surface area is 167 Å². The molecule has 0 aliphatic rings. The predicted molar refractivity (Wildman–Crippen MR) is 105 cm³/mol. The first-order valence-electron chi connectivity index (χ1n) is 7.92. The van der Waals surface area contributed by atoms with E-state index in [2.05, 4.69) is 10.9 Å². The van der Waals surface area contributed by atoms with Gasteiger partial charge in [-0.15, -0.1) is 0 Å². The summed E-state index contributed by atoms with van der Waals surface area (Å²) in [6, 6.07) is 11.8. The van der Waals surface area contributed by atoms with Crippen LogP contribution in [0.1, 0.15) is 12.5 Å². The van der Waals surface area contributed by atoms with E-state index in [9.17, 15) is 9.59 Å². The largest absolute Gasteiger partial charge is 0.497 e. The smallest absolute Gasteiger partial charge is 0.279 e. The van der Waals surface area contributed by atoms with Gasteiger partial charge in [0.25, 0.3) is 11.8 Å². The van der Waals surface area contributed by atoms with Gasteiger partial charge >= 0.3 is 0 Å². The number of carbonyl (C=O) groups excluding carboxylic acids is 2. The fourth-order valence-corrected chi connectivity index (χ4v) is 2.42. The lowest BCUT2D eigenvalue weighted by Gasteiger charge is -2.15. The molecule has 2 amide bonds. The molecule has 1 unspecified atom stereocenters. The summed E-state index contributed by atoms with van der Waals surface area (Å²) in [6.45, 7) is 1.53. The first-order valence-corrected chi connectivity index (χ1v) is 8.68. The molecule has 6 nitrogen and oxygen atoms in total. The maximum absolute atomic E-state index is 12.0. The van der Waals surface area contributed by atoms with Crippen LogP contribution in [0.2, 0.25) is 10.0 Å². The van der Waals surface area contributed by atoms with Crippen molar-refractivity contribution in [3.63, 3.8) is 0 Å². The lowest BCUT2D eigenvalue weighted by Crippen LogP contribution is -2.46. The second kappa shape index (κ2) is 9.85. The molecule has 0 heterocycles. The number of rotatable bonds is 6. The molecule has 27 heavy (non-hydrogen) atoms. The molecule has 2 aromatic carbocycles. The van der Waals surface area contributed by atoms with Crippen molar-refractivity contribution in [2.75, 3.05) is 7.11 Å². The zero-order valence-electron chi connectivity index (χ0n) is 14.7. The van der Waals surface area contributed by atoms with Crippen LogP contribution in [-0.4, -0.2) is 25.0 Å². The third-order valence-corrected chi connectivity index (χ3v) is 3.95. The van der Waals surface area contributed by atoms with Crippen LogP contribution >= 0.6 is 23.2 Å². The normalized spacial score (nSPS) is 11.7. The first-order chi connectivity index (χ1) is 12.9. The molecule has 142 valence electrons. The van der Waals surface area contributed by atoms with E-state index in [0.29, 0.717) is 10.8 Å². The Balaban J connectivity index is 1.82. The van der Waals surface area contributed by atoms with Crippen molar-refractivity contribution < 1.29 is 19.1 Å². The highest BCUT2D eigenvalue weighted by Crippen LogP contribution is 2.28. The highest BCUT2D eigenvalue weighted by molar-refractivity contribution is 6.35. The Morgan fingerprint density at radius 3 is 2.41 bits per heavy atom. The quantitative estimate of drug-likeness (QED) is 0.565. The number of nitrogens with one attached hydrogen (secondary N) is 2. The van der Waals surface area contributed by atoms with Gasteiger partial charge in [-0.3, -0.25) is 20.4 Å². The number of amides is 2. The van der Waals surface area contributed by atoms with Gasteiger partial charge in [0.1, 0.15) is 11.5 Å². The average Bonchev–Trinajstić information content (AvgIpc) is 2.66. The first kappa shape index (κ1) is 20.6. The number of hydrogen-bond acceptors (Lipinski definition) is 4. The van der Waals surface area contributed by atoms with Crippen LogP contribution in [0.4, 0.5) is 0 Å². The molecule has 0 radical (unpaired) electrons. The summed E-state index contributed by atoms with van der Waals surface area (Å²) in [7, 11) is 1.58. The van der Waals surface area contributed by atoms with Gasteiger partial charge in [-0.05, 0) is 48.9 Å². The molecule has 0 saturated heterocycles. The summed E-state index contributed by atoms with van der Waals surface area (Å²) in [6.07, 6.45) is 2.02. The van der Waals surface area contributed by atoms with E-state index in [0.717, 1.165) is 11.3 Å². The molecule has 2 rings (SSSR count). The van der Waals surface area contributed by atoms with Crippen LogP contribution in [0.3, 0.4) is 0 Å². The Morgan fingerprint density at radius 2 is 1.78 bits per heavy atom. The van der Waals surface area contributed by atoms with Crippen LogP contribution in [0.15, 0.2) is 48.5 Å². The molecule has 1 atom stereocenters. The fourth-order valence-electron chi connectivity index (χ4n) is 1.97. The number of methoxy groups -OCH3 is 1. The summed E-state index contributed by atoms with van der Waals surface area (Å²) in [4.78, 5) is 23.8. The number of hydrazine groups is 1. The van der Waals surface area contributed by atoms with E-state index >= 15 is 0 Å². The molecule has 0 aliphatic heterocycles. The van der Waals surface area contributed by atoms with Crippen LogP contribution in [0, 0.1) is 0 Å². The predicted octanol–water partition coefficient (Wildman–Crippen LogP) is 3.63. The van der Waals surface area contributed by atoms with Crippen molar-refractivity contribution in [3.05, 3.63) is 64.1 Å². The molecule has 0 spiro atoms. The van der Waals surface area contributed by atoms with Gasteiger partial charge in [0.15, 0.2) is 6.10 Å².